The lowest BCUT2D eigenvalue weighted by atomic mass is 10.1. The second-order valence-corrected chi connectivity index (χ2v) is 3.92. The summed E-state index contributed by atoms with van der Waals surface area (Å²) in [6, 6.07) is 5.42. The van der Waals surface area contributed by atoms with Gasteiger partial charge >= 0.3 is 0 Å². The zero-order chi connectivity index (χ0) is 12.1. The molecule has 1 rings (SSSR count). The van der Waals surface area contributed by atoms with E-state index in [2.05, 4.69) is 0 Å². The molecule has 4 nitrogen and oxygen atoms in total. The second kappa shape index (κ2) is 5.72. The molecule has 0 radical (unpaired) electrons. The average molecular weight is 225 g/mol. The Bertz CT molecular complexity index is 317. The van der Waals surface area contributed by atoms with Crippen molar-refractivity contribution in [2.24, 2.45) is 0 Å². The van der Waals surface area contributed by atoms with E-state index in [9.17, 15) is 5.11 Å². The first-order chi connectivity index (χ1) is 7.56. The van der Waals surface area contributed by atoms with Crippen molar-refractivity contribution in [3.63, 3.8) is 0 Å². The second-order valence-electron chi connectivity index (χ2n) is 3.92. The zero-order valence-corrected chi connectivity index (χ0v) is 10.2. The van der Waals surface area contributed by atoms with E-state index in [1.165, 1.54) is 0 Å². The molecule has 0 aliphatic heterocycles. The smallest absolute Gasteiger partial charge is 0.122 e. The first-order valence-electron chi connectivity index (χ1n) is 5.12. The first-order valence-corrected chi connectivity index (χ1v) is 5.12. The van der Waals surface area contributed by atoms with Crippen LogP contribution in [0, 0.1) is 0 Å². The van der Waals surface area contributed by atoms with Crippen molar-refractivity contribution >= 4 is 0 Å². The van der Waals surface area contributed by atoms with Crippen molar-refractivity contribution in [3.05, 3.63) is 23.8 Å². The summed E-state index contributed by atoms with van der Waals surface area (Å²) in [6.45, 7) is 0.566. The minimum atomic E-state index is -0.543. The Balaban J connectivity index is 2.93. The van der Waals surface area contributed by atoms with Crippen LogP contribution < -0.4 is 9.47 Å². The summed E-state index contributed by atoms with van der Waals surface area (Å²) in [5, 5.41) is 9.98. The minimum Gasteiger partial charge on any atom is -0.497 e. The number of ether oxygens (including phenoxy) is 2. The van der Waals surface area contributed by atoms with E-state index in [1.807, 2.05) is 31.1 Å². The fourth-order valence-corrected chi connectivity index (χ4v) is 1.47. The standard InChI is InChI=1S/C12H19NO3/c1-13(2)8-12(14)9-5-10(15-3)7-11(6-9)16-4/h5-7,12,14H,8H2,1-4H3. The molecule has 0 spiro atoms. The van der Waals surface area contributed by atoms with Crippen molar-refractivity contribution in [1.82, 2.24) is 4.90 Å². The van der Waals surface area contributed by atoms with Crippen LogP contribution in [0.15, 0.2) is 18.2 Å². The van der Waals surface area contributed by atoms with Crippen molar-refractivity contribution in [1.29, 1.82) is 0 Å². The third kappa shape index (κ3) is 3.40. The van der Waals surface area contributed by atoms with Crippen LogP contribution in [-0.4, -0.2) is 44.9 Å². The normalized spacial score (nSPS) is 12.6. The van der Waals surface area contributed by atoms with Gasteiger partial charge in [-0.05, 0) is 31.8 Å². The molecule has 4 heteroatoms. The Labute approximate surface area is 96.4 Å². The van der Waals surface area contributed by atoms with E-state index in [4.69, 9.17) is 9.47 Å². The van der Waals surface area contributed by atoms with E-state index >= 15 is 0 Å². The zero-order valence-electron chi connectivity index (χ0n) is 10.2. The molecule has 1 N–H and O–H groups in total. The summed E-state index contributed by atoms with van der Waals surface area (Å²) in [4.78, 5) is 1.93. The van der Waals surface area contributed by atoms with Crippen LogP contribution >= 0.6 is 0 Å². The topological polar surface area (TPSA) is 41.9 Å². The van der Waals surface area contributed by atoms with Gasteiger partial charge in [-0.1, -0.05) is 0 Å². The van der Waals surface area contributed by atoms with Gasteiger partial charge in [0.1, 0.15) is 11.5 Å². The molecule has 1 aromatic rings. The number of benzene rings is 1. The molecule has 0 amide bonds. The summed E-state index contributed by atoms with van der Waals surface area (Å²) < 4.78 is 10.3. The van der Waals surface area contributed by atoms with E-state index < -0.39 is 6.10 Å². The van der Waals surface area contributed by atoms with Crippen molar-refractivity contribution in [2.75, 3.05) is 34.9 Å². The van der Waals surface area contributed by atoms with Gasteiger partial charge in [0.15, 0.2) is 0 Å². The Morgan fingerprint density at radius 2 is 1.62 bits per heavy atom. The highest BCUT2D eigenvalue weighted by molar-refractivity contribution is 5.39. The Morgan fingerprint density at radius 1 is 1.12 bits per heavy atom. The highest BCUT2D eigenvalue weighted by Crippen LogP contribution is 2.26. The van der Waals surface area contributed by atoms with Gasteiger partial charge in [0.05, 0.1) is 20.3 Å². The highest BCUT2D eigenvalue weighted by Gasteiger charge is 2.11. The van der Waals surface area contributed by atoms with Crippen molar-refractivity contribution < 1.29 is 14.6 Å². The maximum atomic E-state index is 9.98. The molecule has 1 unspecified atom stereocenters. The maximum absolute atomic E-state index is 9.98. The molecule has 0 heterocycles. The summed E-state index contributed by atoms with van der Waals surface area (Å²) in [5.41, 5.74) is 0.796. The quantitative estimate of drug-likeness (QED) is 0.820. The lowest BCUT2D eigenvalue weighted by molar-refractivity contribution is 0.138. The monoisotopic (exact) mass is 225 g/mol. The van der Waals surface area contributed by atoms with Crippen LogP contribution in [0.25, 0.3) is 0 Å². The molecule has 16 heavy (non-hydrogen) atoms. The van der Waals surface area contributed by atoms with Gasteiger partial charge in [0.2, 0.25) is 0 Å². The van der Waals surface area contributed by atoms with Gasteiger partial charge < -0.3 is 19.5 Å². The minimum absolute atomic E-state index is 0.543. The molecular formula is C12H19NO3. The predicted octanol–water partition coefficient (Wildman–Crippen LogP) is 1.30. The van der Waals surface area contributed by atoms with Gasteiger partial charge in [-0.2, -0.15) is 0 Å². The van der Waals surface area contributed by atoms with E-state index in [1.54, 1.807) is 20.3 Å². The lowest BCUT2D eigenvalue weighted by Crippen LogP contribution is -2.20. The maximum Gasteiger partial charge on any atom is 0.122 e. The number of aliphatic hydroxyl groups is 1. The summed E-state index contributed by atoms with van der Waals surface area (Å²) in [6.07, 6.45) is -0.543. The van der Waals surface area contributed by atoms with Gasteiger partial charge in [0.25, 0.3) is 0 Å². The molecule has 1 aromatic carbocycles. The first kappa shape index (κ1) is 12.8. The summed E-state index contributed by atoms with van der Waals surface area (Å²) >= 11 is 0. The van der Waals surface area contributed by atoms with Gasteiger partial charge in [-0.25, -0.2) is 0 Å². The molecule has 0 saturated heterocycles. The molecule has 0 aliphatic rings. The number of hydrogen-bond donors (Lipinski definition) is 1. The average Bonchev–Trinajstić information content (AvgIpc) is 2.27. The SMILES string of the molecule is COc1cc(OC)cc(C(O)CN(C)C)c1. The number of aliphatic hydroxyl groups excluding tert-OH is 1. The largest absolute Gasteiger partial charge is 0.497 e. The van der Waals surface area contributed by atoms with Crippen LogP contribution in [0.1, 0.15) is 11.7 Å². The molecule has 1 atom stereocenters. The number of rotatable bonds is 5. The van der Waals surface area contributed by atoms with Gasteiger partial charge in [0, 0.05) is 12.6 Å². The molecule has 0 aliphatic carbocycles. The van der Waals surface area contributed by atoms with Crippen molar-refractivity contribution in [3.8, 4) is 11.5 Å². The molecule has 0 aromatic heterocycles. The van der Waals surface area contributed by atoms with E-state index in [0.717, 1.165) is 5.56 Å². The van der Waals surface area contributed by atoms with Crippen LogP contribution in [0.4, 0.5) is 0 Å². The van der Waals surface area contributed by atoms with Crippen LogP contribution in [0.3, 0.4) is 0 Å². The van der Waals surface area contributed by atoms with Crippen LogP contribution in [-0.2, 0) is 0 Å². The van der Waals surface area contributed by atoms with Crippen LogP contribution in [0.2, 0.25) is 0 Å². The predicted molar refractivity (Wildman–Crippen MR) is 63.1 cm³/mol. The van der Waals surface area contributed by atoms with Gasteiger partial charge in [-0.15, -0.1) is 0 Å². The summed E-state index contributed by atoms with van der Waals surface area (Å²) in [7, 11) is 7.02. The lowest BCUT2D eigenvalue weighted by Gasteiger charge is -2.17. The van der Waals surface area contributed by atoms with E-state index in [0.29, 0.717) is 18.0 Å². The number of methoxy groups -OCH3 is 2. The third-order valence-corrected chi connectivity index (χ3v) is 2.30. The fraction of sp³-hybridized carbons (Fsp3) is 0.500. The Morgan fingerprint density at radius 3 is 2.00 bits per heavy atom. The molecule has 0 fully saturated rings. The number of likely N-dealkylation sites (N-methyl/N-ethyl adjacent to an activating group) is 1. The van der Waals surface area contributed by atoms with Crippen LogP contribution in [0.5, 0.6) is 11.5 Å². The third-order valence-electron chi connectivity index (χ3n) is 2.30. The Hall–Kier alpha value is -1.26. The van der Waals surface area contributed by atoms with Gasteiger partial charge in [-0.3, -0.25) is 0 Å². The Kier molecular flexibility index (Phi) is 4.58. The fourth-order valence-electron chi connectivity index (χ4n) is 1.47. The molecule has 0 saturated carbocycles. The highest BCUT2D eigenvalue weighted by atomic mass is 16.5. The molecule has 0 bridgehead atoms. The number of nitrogens with zero attached hydrogens (tertiary/aromatic N) is 1. The molecule has 90 valence electrons. The molecular weight excluding hydrogens is 206 g/mol. The van der Waals surface area contributed by atoms with E-state index in [-0.39, 0.29) is 0 Å². The number of hydrogen-bond acceptors (Lipinski definition) is 4. The summed E-state index contributed by atoms with van der Waals surface area (Å²) in [5.74, 6) is 1.37. The van der Waals surface area contributed by atoms with Crippen molar-refractivity contribution in [2.45, 2.75) is 6.10 Å².